The number of hydrogen-bond acceptors (Lipinski definition) is 3. The molecule has 1 aromatic carbocycles. The highest BCUT2D eigenvalue weighted by molar-refractivity contribution is 7.87. The Balaban J connectivity index is 2.59. The first-order chi connectivity index (χ1) is 9.44. The van der Waals surface area contributed by atoms with Crippen molar-refractivity contribution >= 4 is 16.2 Å². The van der Waals surface area contributed by atoms with Gasteiger partial charge in [-0.3, -0.25) is 4.79 Å². The minimum absolute atomic E-state index is 0.201. The van der Waals surface area contributed by atoms with Crippen molar-refractivity contribution in [3.05, 3.63) is 35.9 Å². The molecule has 0 fully saturated rings. The van der Waals surface area contributed by atoms with Crippen LogP contribution in [0.25, 0.3) is 0 Å². The van der Waals surface area contributed by atoms with Gasteiger partial charge in [0.25, 0.3) is 10.2 Å². The van der Waals surface area contributed by atoms with Gasteiger partial charge < -0.3 is 5.11 Å². The van der Waals surface area contributed by atoms with E-state index in [1.807, 2.05) is 37.3 Å². The Bertz CT molecular complexity index is 516. The zero-order valence-corrected chi connectivity index (χ0v) is 12.2. The summed E-state index contributed by atoms with van der Waals surface area (Å²) in [6, 6.07) is 8.21. The maximum atomic E-state index is 11.6. The Morgan fingerprint density at radius 2 is 1.95 bits per heavy atom. The molecule has 1 rings (SSSR count). The highest BCUT2D eigenvalue weighted by atomic mass is 32.2. The SMILES string of the molecule is CCCNS(=O)(=O)N[C@@H](CCc1ccccc1)C(=O)O. The number of carbonyl (C=O) groups is 1. The second-order valence-electron chi connectivity index (χ2n) is 4.43. The first-order valence-electron chi connectivity index (χ1n) is 6.48. The van der Waals surface area contributed by atoms with Crippen LogP contribution in [0.1, 0.15) is 25.3 Å². The summed E-state index contributed by atoms with van der Waals surface area (Å²) >= 11 is 0. The molecule has 20 heavy (non-hydrogen) atoms. The van der Waals surface area contributed by atoms with E-state index in [2.05, 4.69) is 9.44 Å². The molecule has 0 aromatic heterocycles. The molecule has 112 valence electrons. The predicted octanol–water partition coefficient (Wildman–Crippen LogP) is 0.906. The van der Waals surface area contributed by atoms with Crippen molar-refractivity contribution in [3.8, 4) is 0 Å². The quantitative estimate of drug-likeness (QED) is 0.631. The van der Waals surface area contributed by atoms with Gasteiger partial charge in [0.2, 0.25) is 0 Å². The minimum atomic E-state index is -3.77. The molecule has 0 unspecified atom stereocenters. The number of aliphatic carboxylic acids is 1. The molecular weight excluding hydrogens is 280 g/mol. The van der Waals surface area contributed by atoms with Crippen LogP contribution in [0.2, 0.25) is 0 Å². The van der Waals surface area contributed by atoms with Gasteiger partial charge in [-0.2, -0.15) is 13.1 Å². The molecular formula is C13H20N2O4S. The first kappa shape index (κ1) is 16.6. The average Bonchev–Trinajstić information content (AvgIpc) is 2.42. The van der Waals surface area contributed by atoms with Crippen LogP contribution < -0.4 is 9.44 Å². The van der Waals surface area contributed by atoms with Crippen molar-refractivity contribution < 1.29 is 18.3 Å². The Morgan fingerprint density at radius 3 is 2.50 bits per heavy atom. The smallest absolute Gasteiger partial charge is 0.321 e. The number of benzene rings is 1. The fraction of sp³-hybridized carbons (Fsp3) is 0.462. The van der Waals surface area contributed by atoms with E-state index < -0.39 is 22.2 Å². The molecule has 0 amide bonds. The first-order valence-corrected chi connectivity index (χ1v) is 7.96. The summed E-state index contributed by atoms with van der Waals surface area (Å²) in [5.74, 6) is -1.18. The fourth-order valence-corrected chi connectivity index (χ4v) is 2.80. The molecule has 0 heterocycles. The Kier molecular flexibility index (Phi) is 6.63. The van der Waals surface area contributed by atoms with E-state index in [0.717, 1.165) is 5.56 Å². The Hall–Kier alpha value is -1.44. The van der Waals surface area contributed by atoms with Gasteiger partial charge in [-0.25, -0.2) is 4.72 Å². The summed E-state index contributed by atoms with van der Waals surface area (Å²) in [6.45, 7) is 2.10. The van der Waals surface area contributed by atoms with E-state index in [4.69, 9.17) is 5.11 Å². The summed E-state index contributed by atoms with van der Waals surface area (Å²) in [4.78, 5) is 11.1. The van der Waals surface area contributed by atoms with Crippen LogP contribution in [0.3, 0.4) is 0 Å². The Labute approximate surface area is 119 Å². The highest BCUT2D eigenvalue weighted by Crippen LogP contribution is 2.06. The third kappa shape index (κ3) is 6.14. The van der Waals surface area contributed by atoms with Gasteiger partial charge in [0.05, 0.1) is 0 Å². The van der Waals surface area contributed by atoms with Crippen LogP contribution in [0.4, 0.5) is 0 Å². The molecule has 0 bridgehead atoms. The molecule has 3 N–H and O–H groups in total. The van der Waals surface area contributed by atoms with Crippen molar-refractivity contribution in [2.45, 2.75) is 32.2 Å². The van der Waals surface area contributed by atoms with Crippen LogP contribution in [-0.4, -0.2) is 32.1 Å². The van der Waals surface area contributed by atoms with E-state index in [0.29, 0.717) is 12.8 Å². The maximum Gasteiger partial charge on any atom is 0.321 e. The van der Waals surface area contributed by atoms with Gasteiger partial charge in [-0.1, -0.05) is 37.3 Å². The average molecular weight is 300 g/mol. The lowest BCUT2D eigenvalue weighted by Crippen LogP contribution is -2.46. The lowest BCUT2D eigenvalue weighted by molar-refractivity contribution is -0.139. The second kappa shape index (κ2) is 7.98. The molecule has 0 aliphatic heterocycles. The molecule has 0 saturated carbocycles. The van der Waals surface area contributed by atoms with Gasteiger partial charge in [-0.05, 0) is 24.8 Å². The second-order valence-corrected chi connectivity index (χ2v) is 5.96. The van der Waals surface area contributed by atoms with E-state index in [1.54, 1.807) is 0 Å². The number of rotatable bonds is 9. The number of hydrogen-bond donors (Lipinski definition) is 3. The minimum Gasteiger partial charge on any atom is -0.480 e. The van der Waals surface area contributed by atoms with Crippen LogP contribution in [0.5, 0.6) is 0 Å². The normalized spacial score (nSPS) is 13.1. The number of carboxylic acids is 1. The number of carboxylic acid groups (broad SMARTS) is 1. The van der Waals surface area contributed by atoms with Crippen LogP contribution >= 0.6 is 0 Å². The largest absolute Gasteiger partial charge is 0.480 e. The summed E-state index contributed by atoms with van der Waals surface area (Å²) < 4.78 is 27.7. The van der Waals surface area contributed by atoms with Crippen molar-refractivity contribution in [3.63, 3.8) is 0 Å². The van der Waals surface area contributed by atoms with Gasteiger partial charge in [0.15, 0.2) is 0 Å². The fourth-order valence-electron chi connectivity index (χ4n) is 1.65. The van der Waals surface area contributed by atoms with Gasteiger partial charge in [0.1, 0.15) is 6.04 Å². The topological polar surface area (TPSA) is 95.5 Å². The zero-order chi connectivity index (χ0) is 15.0. The standard InChI is InChI=1S/C13H20N2O4S/c1-2-10-14-20(18,19)15-12(13(16)17)9-8-11-6-4-3-5-7-11/h3-7,12,14-15H,2,8-10H2,1H3,(H,16,17)/t12-/m0/s1. The van der Waals surface area contributed by atoms with Crippen molar-refractivity contribution in [2.24, 2.45) is 0 Å². The molecule has 0 spiro atoms. The summed E-state index contributed by atoms with van der Waals surface area (Å²) in [5.41, 5.74) is 0.972. The molecule has 1 atom stereocenters. The van der Waals surface area contributed by atoms with Crippen LogP contribution in [0, 0.1) is 0 Å². The lowest BCUT2D eigenvalue weighted by atomic mass is 10.1. The molecule has 6 nitrogen and oxygen atoms in total. The summed E-state index contributed by atoms with van der Waals surface area (Å²) in [7, 11) is -3.77. The third-order valence-corrected chi connectivity index (χ3v) is 3.88. The van der Waals surface area contributed by atoms with Crippen molar-refractivity contribution in [1.82, 2.24) is 9.44 Å². The maximum absolute atomic E-state index is 11.6. The molecule has 7 heteroatoms. The highest BCUT2D eigenvalue weighted by Gasteiger charge is 2.23. The predicted molar refractivity (Wildman–Crippen MR) is 76.5 cm³/mol. The molecule has 0 aliphatic carbocycles. The molecule has 0 radical (unpaired) electrons. The van der Waals surface area contributed by atoms with E-state index in [-0.39, 0.29) is 13.0 Å². The van der Waals surface area contributed by atoms with Crippen molar-refractivity contribution in [1.29, 1.82) is 0 Å². The molecule has 0 aliphatic rings. The van der Waals surface area contributed by atoms with E-state index >= 15 is 0 Å². The summed E-state index contributed by atoms with van der Waals surface area (Å²) in [5, 5.41) is 9.09. The number of aryl methyl sites for hydroxylation is 1. The third-order valence-electron chi connectivity index (χ3n) is 2.70. The van der Waals surface area contributed by atoms with Crippen molar-refractivity contribution in [2.75, 3.05) is 6.54 Å². The Morgan fingerprint density at radius 1 is 1.30 bits per heavy atom. The van der Waals surface area contributed by atoms with Gasteiger partial charge >= 0.3 is 5.97 Å². The van der Waals surface area contributed by atoms with Crippen LogP contribution in [0.15, 0.2) is 30.3 Å². The monoisotopic (exact) mass is 300 g/mol. The summed E-state index contributed by atoms with van der Waals surface area (Å²) in [6.07, 6.45) is 1.34. The lowest BCUT2D eigenvalue weighted by Gasteiger charge is -2.15. The van der Waals surface area contributed by atoms with Crippen LogP contribution in [-0.2, 0) is 21.4 Å². The molecule has 1 aromatic rings. The number of nitrogens with one attached hydrogen (secondary N) is 2. The molecule has 0 saturated heterocycles. The van der Waals surface area contributed by atoms with Gasteiger partial charge in [0, 0.05) is 6.54 Å². The van der Waals surface area contributed by atoms with E-state index in [9.17, 15) is 13.2 Å². The zero-order valence-electron chi connectivity index (χ0n) is 11.4. The van der Waals surface area contributed by atoms with E-state index in [1.165, 1.54) is 0 Å². The van der Waals surface area contributed by atoms with Gasteiger partial charge in [-0.15, -0.1) is 0 Å².